The average Bonchev–Trinajstić information content (AvgIpc) is 2.74. The Kier molecular flexibility index (Phi) is 9.15. The molecule has 2 fully saturated rings. The minimum absolute atomic E-state index is 0. The van der Waals surface area contributed by atoms with E-state index < -0.39 is 6.10 Å². The van der Waals surface area contributed by atoms with Gasteiger partial charge in [0.15, 0.2) is 0 Å². The number of morpholine rings is 1. The number of hydrogen-bond donors (Lipinski definition) is 0. The summed E-state index contributed by atoms with van der Waals surface area (Å²) in [5.41, 5.74) is 1.13. The number of carbonyl (C=O) groups is 1. The second-order valence-corrected chi connectivity index (χ2v) is 7.86. The van der Waals surface area contributed by atoms with Crippen LogP contribution in [0.3, 0.4) is 0 Å². The molecule has 3 rings (SSSR count). The van der Waals surface area contributed by atoms with Crippen molar-refractivity contribution in [1.29, 1.82) is 0 Å². The van der Waals surface area contributed by atoms with Crippen LogP contribution in [0.5, 0.6) is 0 Å². The Bertz CT molecular complexity index is 755. The summed E-state index contributed by atoms with van der Waals surface area (Å²) < 4.78 is 11.2. The van der Waals surface area contributed by atoms with E-state index in [2.05, 4.69) is 41.8 Å². The normalized spacial score (nSPS) is 21.9. The zero-order chi connectivity index (χ0) is 20.7. The topological polar surface area (TPSA) is 42.0 Å². The first-order valence-corrected chi connectivity index (χ1v) is 10.3. The molecular weight excluding hydrogens is 400 g/mol. The zero-order valence-electron chi connectivity index (χ0n) is 18.0. The third-order valence-electron chi connectivity index (χ3n) is 5.76. The molecular formula is C24H33ClN2O3. The third-order valence-corrected chi connectivity index (χ3v) is 5.76. The van der Waals surface area contributed by atoms with E-state index in [0.29, 0.717) is 12.3 Å². The Hall–Kier alpha value is -2.08. The monoisotopic (exact) mass is 432 g/mol. The summed E-state index contributed by atoms with van der Waals surface area (Å²) in [4.78, 5) is 16.8. The van der Waals surface area contributed by atoms with Crippen LogP contribution >= 0.6 is 12.4 Å². The molecule has 5 nitrogen and oxygen atoms in total. The van der Waals surface area contributed by atoms with Crippen LogP contribution in [-0.2, 0) is 20.7 Å². The molecule has 2 aliphatic heterocycles. The first-order valence-electron chi connectivity index (χ1n) is 10.3. The lowest BCUT2D eigenvalue weighted by atomic mass is 9.88. The van der Waals surface area contributed by atoms with Crippen LogP contribution in [0, 0.1) is 0 Å². The highest BCUT2D eigenvalue weighted by atomic mass is 35.5. The van der Waals surface area contributed by atoms with E-state index in [9.17, 15) is 4.79 Å². The van der Waals surface area contributed by atoms with Crippen molar-refractivity contribution in [3.63, 3.8) is 0 Å². The van der Waals surface area contributed by atoms with E-state index >= 15 is 0 Å². The highest BCUT2D eigenvalue weighted by molar-refractivity contribution is 5.85. The Balaban J connectivity index is 0.00000320. The van der Waals surface area contributed by atoms with Crippen molar-refractivity contribution in [3.05, 3.63) is 72.7 Å². The van der Waals surface area contributed by atoms with Gasteiger partial charge in [0.05, 0.1) is 19.3 Å². The third kappa shape index (κ3) is 6.46. The molecule has 30 heavy (non-hydrogen) atoms. The fourth-order valence-electron chi connectivity index (χ4n) is 3.99. The molecule has 0 aromatic heterocycles. The molecule has 1 atom stereocenters. The molecule has 0 aliphatic carbocycles. The number of likely N-dealkylation sites (tertiary alicyclic amines) is 1. The molecule has 1 aromatic carbocycles. The van der Waals surface area contributed by atoms with Gasteiger partial charge in [0.1, 0.15) is 11.9 Å². The molecule has 0 radical (unpaired) electrons. The van der Waals surface area contributed by atoms with Gasteiger partial charge in [-0.25, -0.2) is 0 Å². The molecule has 6 heteroatoms. The van der Waals surface area contributed by atoms with Crippen LogP contribution in [0.15, 0.2) is 67.1 Å². The number of methoxy groups -OCH3 is 1. The standard InChI is InChI=1S/C24H32N2O3.ClH/c1-20(28-3)9-7-8-15-26-19-24(29-21(2)23(26)27)13-17-25(18-14-24)16-12-22-10-5-4-6-11-22;/h4-11,15,21H,1,12-14,16-19H2,2-3H3;1H/b9-7-,15-8+;. The predicted octanol–water partition coefficient (Wildman–Crippen LogP) is 3.96. The van der Waals surface area contributed by atoms with Crippen molar-refractivity contribution in [1.82, 2.24) is 9.80 Å². The van der Waals surface area contributed by atoms with Gasteiger partial charge in [-0.3, -0.25) is 4.79 Å². The van der Waals surface area contributed by atoms with E-state index in [1.54, 1.807) is 18.1 Å². The molecule has 2 aliphatic rings. The molecule has 164 valence electrons. The minimum Gasteiger partial charge on any atom is -0.497 e. The zero-order valence-corrected chi connectivity index (χ0v) is 18.8. The van der Waals surface area contributed by atoms with E-state index in [-0.39, 0.29) is 23.9 Å². The number of rotatable bonds is 7. The molecule has 0 saturated carbocycles. The minimum atomic E-state index is -0.415. The number of nitrogens with zero attached hydrogens (tertiary/aromatic N) is 2. The summed E-state index contributed by atoms with van der Waals surface area (Å²) >= 11 is 0. The number of amides is 1. The molecule has 2 saturated heterocycles. The number of carbonyl (C=O) groups excluding carboxylic acids is 1. The Morgan fingerprint density at radius 2 is 1.97 bits per heavy atom. The van der Waals surface area contributed by atoms with Crippen molar-refractivity contribution < 1.29 is 14.3 Å². The Labute approximate surface area is 186 Å². The number of allylic oxidation sites excluding steroid dienone is 3. The lowest BCUT2D eigenvalue weighted by Gasteiger charge is -2.48. The van der Waals surface area contributed by atoms with Crippen molar-refractivity contribution in [2.45, 2.75) is 37.9 Å². The quantitative estimate of drug-likeness (QED) is 0.483. The number of ether oxygens (including phenoxy) is 2. The van der Waals surface area contributed by atoms with Gasteiger partial charge in [-0.2, -0.15) is 0 Å². The fraction of sp³-hybridized carbons (Fsp3) is 0.458. The highest BCUT2D eigenvalue weighted by Crippen LogP contribution is 2.33. The van der Waals surface area contributed by atoms with Crippen molar-refractivity contribution >= 4 is 18.3 Å². The molecule has 1 unspecified atom stereocenters. The molecule has 0 bridgehead atoms. The first kappa shape index (κ1) is 24.2. The first-order chi connectivity index (χ1) is 14.0. The van der Waals surface area contributed by atoms with Gasteiger partial charge < -0.3 is 19.3 Å². The van der Waals surface area contributed by atoms with E-state index in [1.165, 1.54) is 5.56 Å². The van der Waals surface area contributed by atoms with E-state index in [4.69, 9.17) is 9.47 Å². The van der Waals surface area contributed by atoms with Gasteiger partial charge in [0, 0.05) is 25.8 Å². The maximum Gasteiger partial charge on any atom is 0.255 e. The molecule has 1 aromatic rings. The summed E-state index contributed by atoms with van der Waals surface area (Å²) in [6, 6.07) is 10.6. The van der Waals surface area contributed by atoms with Gasteiger partial charge >= 0.3 is 0 Å². The Morgan fingerprint density at radius 1 is 1.27 bits per heavy atom. The highest BCUT2D eigenvalue weighted by Gasteiger charge is 2.44. The average molecular weight is 433 g/mol. The number of benzene rings is 1. The van der Waals surface area contributed by atoms with Gasteiger partial charge in [0.25, 0.3) is 5.91 Å². The van der Waals surface area contributed by atoms with Crippen molar-refractivity contribution in [2.24, 2.45) is 0 Å². The Morgan fingerprint density at radius 3 is 2.63 bits per heavy atom. The maximum atomic E-state index is 12.5. The smallest absolute Gasteiger partial charge is 0.255 e. The SMILES string of the molecule is C=C(/C=C\C=C\N1CC2(CCN(CCc3ccccc3)CC2)OC(C)C1=O)OC.Cl. The van der Waals surface area contributed by atoms with Gasteiger partial charge in [-0.15, -0.1) is 12.4 Å². The van der Waals surface area contributed by atoms with Crippen LogP contribution in [0.2, 0.25) is 0 Å². The molecule has 1 spiro atoms. The van der Waals surface area contributed by atoms with Gasteiger partial charge in [-0.05, 0) is 43.9 Å². The van der Waals surface area contributed by atoms with Crippen molar-refractivity contribution in [3.8, 4) is 0 Å². The van der Waals surface area contributed by atoms with Gasteiger partial charge in [-0.1, -0.05) is 43.0 Å². The second-order valence-electron chi connectivity index (χ2n) is 7.86. The number of piperidine rings is 1. The molecule has 1 amide bonds. The molecule has 2 heterocycles. The number of halogens is 1. The lowest BCUT2D eigenvalue weighted by Crippen LogP contribution is -2.60. The second kappa shape index (κ2) is 11.3. The summed E-state index contributed by atoms with van der Waals surface area (Å²) in [7, 11) is 1.58. The van der Waals surface area contributed by atoms with Crippen LogP contribution in [0.1, 0.15) is 25.3 Å². The fourth-order valence-corrected chi connectivity index (χ4v) is 3.99. The predicted molar refractivity (Wildman–Crippen MR) is 122 cm³/mol. The van der Waals surface area contributed by atoms with Gasteiger partial charge in [0.2, 0.25) is 0 Å². The maximum absolute atomic E-state index is 12.5. The van der Waals surface area contributed by atoms with Crippen LogP contribution in [0.4, 0.5) is 0 Å². The summed E-state index contributed by atoms with van der Waals surface area (Å²) in [5, 5.41) is 0. The summed E-state index contributed by atoms with van der Waals surface area (Å²) in [6.45, 7) is 9.27. The lowest BCUT2D eigenvalue weighted by molar-refractivity contribution is -0.184. The van der Waals surface area contributed by atoms with Crippen LogP contribution in [0.25, 0.3) is 0 Å². The molecule has 0 N–H and O–H groups in total. The van der Waals surface area contributed by atoms with Crippen LogP contribution < -0.4 is 0 Å². The summed E-state index contributed by atoms with van der Waals surface area (Å²) in [6.07, 6.45) is 9.83. The number of hydrogen-bond acceptors (Lipinski definition) is 4. The van der Waals surface area contributed by atoms with Crippen molar-refractivity contribution in [2.75, 3.05) is 33.3 Å². The van der Waals surface area contributed by atoms with E-state index in [0.717, 1.165) is 38.9 Å². The van der Waals surface area contributed by atoms with Crippen LogP contribution in [-0.4, -0.2) is 60.7 Å². The summed E-state index contributed by atoms with van der Waals surface area (Å²) in [5.74, 6) is 0.591. The largest absolute Gasteiger partial charge is 0.497 e. The van der Waals surface area contributed by atoms with E-state index in [1.807, 2.05) is 25.3 Å².